The van der Waals surface area contributed by atoms with Gasteiger partial charge in [0.25, 0.3) is 0 Å². The minimum absolute atomic E-state index is 0.482. The molecule has 2 heterocycles. The number of aromatic nitrogens is 3. The average molecular weight is 271 g/mol. The van der Waals surface area contributed by atoms with E-state index in [2.05, 4.69) is 15.0 Å². The molecule has 1 aromatic carbocycles. The zero-order chi connectivity index (χ0) is 13.2. The highest BCUT2D eigenvalue weighted by Crippen LogP contribution is 2.25. The fourth-order valence-electron chi connectivity index (χ4n) is 1.94. The summed E-state index contributed by atoms with van der Waals surface area (Å²) < 4.78 is 1.14. The Hall–Kier alpha value is -1.85. The second-order valence-corrected chi connectivity index (χ2v) is 5.44. The summed E-state index contributed by atoms with van der Waals surface area (Å²) in [7, 11) is 0. The van der Waals surface area contributed by atoms with Gasteiger partial charge in [-0.25, -0.2) is 15.0 Å². The number of rotatable bonds is 3. The Morgan fingerprint density at radius 1 is 1.21 bits per heavy atom. The van der Waals surface area contributed by atoms with Crippen LogP contribution in [-0.2, 0) is 6.42 Å². The molecule has 0 bridgehead atoms. The summed E-state index contributed by atoms with van der Waals surface area (Å²) in [6.07, 6.45) is 1.51. The van der Waals surface area contributed by atoms with Gasteiger partial charge in [0.2, 0.25) is 0 Å². The number of hydrogen-bond donors (Lipinski definition) is 1. The first-order valence-corrected chi connectivity index (χ1v) is 6.86. The number of aliphatic hydroxyl groups is 1. The zero-order valence-corrected chi connectivity index (χ0v) is 11.3. The van der Waals surface area contributed by atoms with E-state index < -0.39 is 6.10 Å². The van der Waals surface area contributed by atoms with Gasteiger partial charge in [0, 0.05) is 12.6 Å². The predicted octanol–water partition coefficient (Wildman–Crippen LogP) is 2.67. The number of nitrogens with zero attached hydrogens (tertiary/aromatic N) is 3. The SMILES string of the molecule is Cc1nccc(C(O)Cc2nc3ccccc3s2)n1. The van der Waals surface area contributed by atoms with Gasteiger partial charge in [-0.1, -0.05) is 12.1 Å². The molecule has 5 heteroatoms. The van der Waals surface area contributed by atoms with Crippen LogP contribution < -0.4 is 0 Å². The van der Waals surface area contributed by atoms with Gasteiger partial charge in [0.05, 0.1) is 20.9 Å². The molecule has 2 aromatic heterocycles. The smallest absolute Gasteiger partial charge is 0.125 e. The van der Waals surface area contributed by atoms with Crippen LogP contribution in [0.25, 0.3) is 10.2 Å². The van der Waals surface area contributed by atoms with Crippen molar-refractivity contribution in [3.8, 4) is 0 Å². The Balaban J connectivity index is 1.84. The van der Waals surface area contributed by atoms with Crippen molar-refractivity contribution in [2.45, 2.75) is 19.4 Å². The Kier molecular flexibility index (Phi) is 3.23. The molecule has 0 aliphatic rings. The van der Waals surface area contributed by atoms with E-state index in [1.807, 2.05) is 31.2 Å². The quantitative estimate of drug-likeness (QED) is 0.795. The molecule has 0 saturated heterocycles. The topological polar surface area (TPSA) is 58.9 Å². The van der Waals surface area contributed by atoms with Crippen molar-refractivity contribution in [3.05, 3.63) is 53.1 Å². The molecule has 1 atom stereocenters. The fourth-order valence-corrected chi connectivity index (χ4v) is 2.94. The lowest BCUT2D eigenvalue weighted by atomic mass is 10.2. The van der Waals surface area contributed by atoms with E-state index in [4.69, 9.17) is 0 Å². The molecular formula is C14H13N3OS. The summed E-state index contributed by atoms with van der Waals surface area (Å²) in [4.78, 5) is 12.8. The summed E-state index contributed by atoms with van der Waals surface area (Å²) in [5.41, 5.74) is 1.63. The van der Waals surface area contributed by atoms with Gasteiger partial charge in [0.15, 0.2) is 0 Å². The standard InChI is InChI=1S/C14H13N3OS/c1-9-15-7-6-10(16-9)12(18)8-14-17-11-4-2-3-5-13(11)19-14/h2-7,12,18H,8H2,1H3. The zero-order valence-electron chi connectivity index (χ0n) is 10.4. The van der Waals surface area contributed by atoms with E-state index in [9.17, 15) is 5.11 Å². The lowest BCUT2D eigenvalue weighted by Gasteiger charge is -2.07. The fraction of sp³-hybridized carbons (Fsp3) is 0.214. The molecule has 0 radical (unpaired) electrons. The molecule has 0 aliphatic carbocycles. The number of para-hydroxylation sites is 1. The second-order valence-electron chi connectivity index (χ2n) is 4.32. The highest BCUT2D eigenvalue weighted by Gasteiger charge is 2.13. The Morgan fingerprint density at radius 3 is 2.84 bits per heavy atom. The van der Waals surface area contributed by atoms with Gasteiger partial charge in [0.1, 0.15) is 11.9 Å². The third kappa shape index (κ3) is 2.62. The summed E-state index contributed by atoms with van der Waals surface area (Å²) in [6, 6.07) is 9.73. The molecule has 19 heavy (non-hydrogen) atoms. The van der Waals surface area contributed by atoms with E-state index >= 15 is 0 Å². The Bertz CT molecular complexity index is 677. The van der Waals surface area contributed by atoms with Gasteiger partial charge in [-0.15, -0.1) is 11.3 Å². The number of aryl methyl sites for hydroxylation is 1. The lowest BCUT2D eigenvalue weighted by molar-refractivity contribution is 0.173. The largest absolute Gasteiger partial charge is 0.386 e. The molecule has 0 saturated carbocycles. The van der Waals surface area contributed by atoms with Gasteiger partial charge < -0.3 is 5.11 Å². The molecule has 1 N–H and O–H groups in total. The van der Waals surface area contributed by atoms with E-state index in [0.29, 0.717) is 17.9 Å². The van der Waals surface area contributed by atoms with Crippen LogP contribution in [-0.4, -0.2) is 20.1 Å². The van der Waals surface area contributed by atoms with E-state index in [-0.39, 0.29) is 0 Å². The van der Waals surface area contributed by atoms with Crippen molar-refractivity contribution in [2.24, 2.45) is 0 Å². The average Bonchev–Trinajstić information content (AvgIpc) is 2.80. The molecule has 1 unspecified atom stereocenters. The monoisotopic (exact) mass is 271 g/mol. The van der Waals surface area contributed by atoms with Crippen LogP contribution in [0.3, 0.4) is 0 Å². The van der Waals surface area contributed by atoms with Gasteiger partial charge in [-0.05, 0) is 25.1 Å². The van der Waals surface area contributed by atoms with Crippen LogP contribution in [0.15, 0.2) is 36.5 Å². The van der Waals surface area contributed by atoms with Crippen LogP contribution in [0.1, 0.15) is 22.6 Å². The number of aliphatic hydroxyl groups excluding tert-OH is 1. The molecule has 0 fully saturated rings. The number of benzene rings is 1. The summed E-state index contributed by atoms with van der Waals surface area (Å²) in [5.74, 6) is 0.667. The lowest BCUT2D eigenvalue weighted by Crippen LogP contribution is -2.05. The minimum atomic E-state index is -0.637. The van der Waals surface area contributed by atoms with E-state index in [0.717, 1.165) is 15.2 Å². The highest BCUT2D eigenvalue weighted by atomic mass is 32.1. The first-order chi connectivity index (χ1) is 9.22. The Morgan fingerprint density at radius 2 is 2.05 bits per heavy atom. The maximum Gasteiger partial charge on any atom is 0.125 e. The highest BCUT2D eigenvalue weighted by molar-refractivity contribution is 7.18. The molecular weight excluding hydrogens is 258 g/mol. The predicted molar refractivity (Wildman–Crippen MR) is 75.1 cm³/mol. The van der Waals surface area contributed by atoms with E-state index in [1.165, 1.54) is 0 Å². The van der Waals surface area contributed by atoms with Crippen LogP contribution in [0, 0.1) is 6.92 Å². The second kappa shape index (κ2) is 5.03. The summed E-state index contributed by atoms with van der Waals surface area (Å²) in [6.45, 7) is 1.81. The molecule has 0 amide bonds. The number of fused-ring (bicyclic) bond motifs is 1. The number of thiazole rings is 1. The van der Waals surface area contributed by atoms with Crippen LogP contribution in [0.4, 0.5) is 0 Å². The molecule has 3 aromatic rings. The number of hydrogen-bond acceptors (Lipinski definition) is 5. The van der Waals surface area contributed by atoms with Crippen molar-refractivity contribution < 1.29 is 5.11 Å². The van der Waals surface area contributed by atoms with Crippen molar-refractivity contribution in [3.63, 3.8) is 0 Å². The van der Waals surface area contributed by atoms with Crippen LogP contribution in [0.2, 0.25) is 0 Å². The van der Waals surface area contributed by atoms with Crippen LogP contribution in [0.5, 0.6) is 0 Å². The minimum Gasteiger partial charge on any atom is -0.386 e. The van der Waals surface area contributed by atoms with Gasteiger partial charge in [-0.2, -0.15) is 0 Å². The van der Waals surface area contributed by atoms with Crippen molar-refractivity contribution >= 4 is 21.6 Å². The normalized spacial score (nSPS) is 12.7. The maximum atomic E-state index is 10.2. The molecule has 96 valence electrons. The Labute approximate surface area is 114 Å². The molecule has 0 spiro atoms. The van der Waals surface area contributed by atoms with Crippen molar-refractivity contribution in [1.82, 2.24) is 15.0 Å². The third-order valence-corrected chi connectivity index (χ3v) is 3.90. The molecule has 3 rings (SSSR count). The third-order valence-electron chi connectivity index (χ3n) is 2.85. The van der Waals surface area contributed by atoms with Crippen molar-refractivity contribution in [2.75, 3.05) is 0 Å². The summed E-state index contributed by atoms with van der Waals surface area (Å²) >= 11 is 1.61. The molecule has 0 aliphatic heterocycles. The van der Waals surface area contributed by atoms with Gasteiger partial charge in [-0.3, -0.25) is 0 Å². The van der Waals surface area contributed by atoms with E-state index in [1.54, 1.807) is 23.6 Å². The van der Waals surface area contributed by atoms with Gasteiger partial charge >= 0.3 is 0 Å². The maximum absolute atomic E-state index is 10.2. The van der Waals surface area contributed by atoms with Crippen molar-refractivity contribution in [1.29, 1.82) is 0 Å². The summed E-state index contributed by atoms with van der Waals surface area (Å²) in [5, 5.41) is 11.1. The first kappa shape index (κ1) is 12.2. The molecule has 4 nitrogen and oxygen atoms in total. The first-order valence-electron chi connectivity index (χ1n) is 6.04. The van der Waals surface area contributed by atoms with Crippen LogP contribution >= 0.6 is 11.3 Å².